The zero-order valence-electron chi connectivity index (χ0n) is 20.3. The average molecular weight is 492 g/mol. The number of rotatable bonds is 9. The van der Waals surface area contributed by atoms with E-state index in [0.29, 0.717) is 25.1 Å². The van der Waals surface area contributed by atoms with Crippen LogP contribution in [0.3, 0.4) is 0 Å². The molecule has 1 aliphatic heterocycles. The van der Waals surface area contributed by atoms with Gasteiger partial charge in [0.15, 0.2) is 0 Å². The van der Waals surface area contributed by atoms with Crippen molar-refractivity contribution in [1.29, 1.82) is 0 Å². The number of aryl methyl sites for hydroxylation is 1. The molecule has 0 unspecified atom stereocenters. The van der Waals surface area contributed by atoms with Crippen LogP contribution in [0.1, 0.15) is 23.2 Å². The molecule has 1 saturated heterocycles. The Morgan fingerprint density at radius 1 is 1.06 bits per heavy atom. The van der Waals surface area contributed by atoms with Crippen LogP contribution in [0.25, 0.3) is 0 Å². The van der Waals surface area contributed by atoms with Crippen LogP contribution in [0.4, 0.5) is 4.39 Å². The van der Waals surface area contributed by atoms with Gasteiger partial charge in [-0.2, -0.15) is 0 Å². The summed E-state index contributed by atoms with van der Waals surface area (Å²) in [4.78, 5) is 33.8. The number of nitrogens with zero attached hydrogens (tertiary/aromatic N) is 3. The van der Waals surface area contributed by atoms with E-state index in [-0.39, 0.29) is 43.7 Å². The first-order valence-electron chi connectivity index (χ1n) is 11.9. The van der Waals surface area contributed by atoms with E-state index in [1.165, 1.54) is 6.07 Å². The van der Waals surface area contributed by atoms with Crippen LogP contribution in [0, 0.1) is 5.82 Å². The number of ether oxygens (including phenoxy) is 2. The summed E-state index contributed by atoms with van der Waals surface area (Å²) in [6.45, 7) is 0.941. The van der Waals surface area contributed by atoms with E-state index < -0.39 is 6.10 Å². The molecular weight excluding hydrogens is 461 g/mol. The molecule has 2 heterocycles. The maximum atomic E-state index is 14.2. The minimum Gasteiger partial charge on any atom is -0.497 e. The van der Waals surface area contributed by atoms with Crippen LogP contribution in [-0.4, -0.2) is 59.4 Å². The van der Waals surface area contributed by atoms with E-state index in [4.69, 9.17) is 9.47 Å². The van der Waals surface area contributed by atoms with Crippen LogP contribution in [0.2, 0.25) is 0 Å². The molecule has 8 heteroatoms. The highest BCUT2D eigenvalue weighted by molar-refractivity contribution is 5.85. The Kier molecular flexibility index (Phi) is 8.62. The van der Waals surface area contributed by atoms with Gasteiger partial charge in [0.25, 0.3) is 0 Å². The highest BCUT2D eigenvalue weighted by Gasteiger charge is 2.31. The summed E-state index contributed by atoms with van der Waals surface area (Å²) >= 11 is 0. The second kappa shape index (κ2) is 12.3. The molecule has 1 fully saturated rings. The van der Waals surface area contributed by atoms with Crippen LogP contribution < -0.4 is 4.74 Å². The second-order valence-electron chi connectivity index (χ2n) is 8.74. The van der Waals surface area contributed by atoms with E-state index in [1.54, 1.807) is 41.3 Å². The SMILES string of the molecule is COc1ccc(CN2C[C@@H](OCc3ccccc3F)CN(C(=O)CCc3ccccn3)CC2=O)cc1. The molecule has 0 aliphatic carbocycles. The van der Waals surface area contributed by atoms with Gasteiger partial charge in [-0.25, -0.2) is 4.39 Å². The van der Waals surface area contributed by atoms with Gasteiger partial charge in [0, 0.05) is 43.5 Å². The Bertz CT molecular complexity index is 1160. The van der Waals surface area contributed by atoms with Gasteiger partial charge >= 0.3 is 0 Å². The molecule has 1 aliphatic rings. The molecular formula is C28H30FN3O4. The van der Waals surface area contributed by atoms with Gasteiger partial charge in [0.1, 0.15) is 11.6 Å². The Morgan fingerprint density at radius 3 is 2.56 bits per heavy atom. The Balaban J connectivity index is 1.47. The number of carbonyl (C=O) groups is 2. The average Bonchev–Trinajstić information content (AvgIpc) is 3.06. The topological polar surface area (TPSA) is 72.0 Å². The predicted octanol–water partition coefficient (Wildman–Crippen LogP) is 3.62. The molecule has 0 spiro atoms. The van der Waals surface area contributed by atoms with Crippen molar-refractivity contribution >= 4 is 11.8 Å². The van der Waals surface area contributed by atoms with Gasteiger partial charge in [-0.1, -0.05) is 36.4 Å². The third-order valence-corrected chi connectivity index (χ3v) is 6.17. The monoisotopic (exact) mass is 491 g/mol. The first-order valence-corrected chi connectivity index (χ1v) is 11.9. The fourth-order valence-electron chi connectivity index (χ4n) is 4.14. The standard InChI is InChI=1S/C28H30FN3O4/c1-35-24-12-9-21(10-13-24)16-31-17-25(36-20-22-6-2-3-8-26(22)29)18-32(19-28(31)34)27(33)14-11-23-7-4-5-15-30-23/h2-10,12-13,15,25H,11,14,16-20H2,1H3/t25-/m1/s1. The van der Waals surface area contributed by atoms with E-state index in [2.05, 4.69) is 4.98 Å². The lowest BCUT2D eigenvalue weighted by molar-refractivity contribution is -0.139. The third-order valence-electron chi connectivity index (χ3n) is 6.17. The molecule has 7 nitrogen and oxygen atoms in total. The number of hydrogen-bond donors (Lipinski definition) is 0. The maximum absolute atomic E-state index is 14.2. The number of halogens is 1. The quantitative estimate of drug-likeness (QED) is 0.457. The van der Waals surface area contributed by atoms with Gasteiger partial charge in [-0.05, 0) is 42.3 Å². The summed E-state index contributed by atoms with van der Waals surface area (Å²) in [5, 5.41) is 0. The Hall–Kier alpha value is -3.78. The molecule has 3 aromatic rings. The number of carbonyl (C=O) groups excluding carboxylic acids is 2. The van der Waals surface area contributed by atoms with Crippen molar-refractivity contribution in [3.05, 3.63) is 95.6 Å². The lowest BCUT2D eigenvalue weighted by Crippen LogP contribution is -2.39. The second-order valence-corrected chi connectivity index (χ2v) is 8.74. The zero-order valence-corrected chi connectivity index (χ0v) is 20.3. The smallest absolute Gasteiger partial charge is 0.242 e. The first-order chi connectivity index (χ1) is 17.5. The zero-order chi connectivity index (χ0) is 25.3. The third kappa shape index (κ3) is 6.88. The van der Waals surface area contributed by atoms with Crippen LogP contribution in [0.15, 0.2) is 72.9 Å². The highest BCUT2D eigenvalue weighted by Crippen LogP contribution is 2.18. The lowest BCUT2D eigenvalue weighted by Gasteiger charge is -2.25. The summed E-state index contributed by atoms with van der Waals surface area (Å²) in [5.41, 5.74) is 2.19. The number of pyridine rings is 1. The molecule has 4 rings (SSSR count). The van der Waals surface area contributed by atoms with Crippen LogP contribution in [0.5, 0.6) is 5.75 Å². The Labute approximate surface area is 210 Å². The van der Waals surface area contributed by atoms with E-state index in [0.717, 1.165) is 17.0 Å². The van der Waals surface area contributed by atoms with Crippen molar-refractivity contribution in [1.82, 2.24) is 14.8 Å². The molecule has 2 amide bonds. The van der Waals surface area contributed by atoms with Gasteiger partial charge in [-0.3, -0.25) is 14.6 Å². The number of amides is 2. The largest absolute Gasteiger partial charge is 0.497 e. The minimum atomic E-state index is -0.465. The van der Waals surface area contributed by atoms with Crippen LogP contribution >= 0.6 is 0 Å². The minimum absolute atomic E-state index is 0.0310. The number of benzene rings is 2. The fourth-order valence-corrected chi connectivity index (χ4v) is 4.14. The highest BCUT2D eigenvalue weighted by atomic mass is 19.1. The van der Waals surface area contributed by atoms with Gasteiger partial charge in [0.05, 0.1) is 26.4 Å². The molecule has 0 saturated carbocycles. The summed E-state index contributed by atoms with van der Waals surface area (Å²) in [6, 6.07) is 19.5. The fraction of sp³-hybridized carbons (Fsp3) is 0.321. The van der Waals surface area contributed by atoms with E-state index >= 15 is 0 Å². The predicted molar refractivity (Wildman–Crippen MR) is 133 cm³/mol. The molecule has 0 bridgehead atoms. The number of aromatic nitrogens is 1. The number of methoxy groups -OCH3 is 1. The molecule has 0 N–H and O–H groups in total. The van der Waals surface area contributed by atoms with Gasteiger partial charge < -0.3 is 19.3 Å². The van der Waals surface area contributed by atoms with Crippen molar-refractivity contribution in [3.63, 3.8) is 0 Å². The first kappa shape index (κ1) is 25.3. The summed E-state index contributed by atoms with van der Waals surface area (Å²) in [5.74, 6) is 0.0890. The van der Waals surface area contributed by atoms with Gasteiger partial charge in [-0.15, -0.1) is 0 Å². The van der Waals surface area contributed by atoms with Crippen molar-refractivity contribution in [2.24, 2.45) is 0 Å². The molecule has 2 aromatic carbocycles. The number of hydrogen-bond acceptors (Lipinski definition) is 5. The molecule has 36 heavy (non-hydrogen) atoms. The van der Waals surface area contributed by atoms with Crippen LogP contribution in [-0.2, 0) is 33.9 Å². The van der Waals surface area contributed by atoms with E-state index in [9.17, 15) is 14.0 Å². The molecule has 0 radical (unpaired) electrons. The normalized spacial score (nSPS) is 16.1. The Morgan fingerprint density at radius 2 is 1.83 bits per heavy atom. The van der Waals surface area contributed by atoms with E-state index in [1.807, 2.05) is 42.5 Å². The maximum Gasteiger partial charge on any atom is 0.242 e. The molecule has 1 aromatic heterocycles. The van der Waals surface area contributed by atoms with Crippen molar-refractivity contribution in [3.8, 4) is 5.75 Å². The lowest BCUT2D eigenvalue weighted by atomic mass is 10.2. The van der Waals surface area contributed by atoms with Crippen molar-refractivity contribution in [2.75, 3.05) is 26.7 Å². The van der Waals surface area contributed by atoms with Crippen molar-refractivity contribution in [2.45, 2.75) is 32.1 Å². The summed E-state index contributed by atoms with van der Waals surface area (Å²) < 4.78 is 25.4. The summed E-state index contributed by atoms with van der Waals surface area (Å²) in [7, 11) is 1.60. The summed E-state index contributed by atoms with van der Waals surface area (Å²) in [6.07, 6.45) is 1.95. The van der Waals surface area contributed by atoms with Gasteiger partial charge in [0.2, 0.25) is 11.8 Å². The molecule has 188 valence electrons. The van der Waals surface area contributed by atoms with Crippen molar-refractivity contribution < 1.29 is 23.5 Å². The molecule has 1 atom stereocenters.